The van der Waals surface area contributed by atoms with E-state index in [9.17, 15) is 17.0 Å². The normalized spacial score (nSPS) is 21.8. The van der Waals surface area contributed by atoms with Gasteiger partial charge in [0.2, 0.25) is 0 Å². The van der Waals surface area contributed by atoms with Crippen molar-refractivity contribution >= 4 is 56.6 Å². The number of hydrogen-bond donors (Lipinski definition) is 0. The van der Waals surface area contributed by atoms with Crippen molar-refractivity contribution in [2.75, 3.05) is 0 Å². The molecule has 0 aliphatic heterocycles. The van der Waals surface area contributed by atoms with Crippen molar-refractivity contribution < 1.29 is 15.6 Å². The average molecular weight is 980 g/mol. The Morgan fingerprint density at radius 1 is 0.469 bits per heavy atom. The molecule has 0 amide bonds. The van der Waals surface area contributed by atoms with Crippen LogP contribution in [0.4, 0.5) is 0 Å². The monoisotopic (exact) mass is 977 g/mol. The van der Waals surface area contributed by atoms with E-state index in [0.29, 0.717) is 0 Å². The summed E-state index contributed by atoms with van der Waals surface area (Å²) in [4.78, 5) is 0. The number of fused-ring (bicyclic) bond motifs is 4. The van der Waals surface area contributed by atoms with Gasteiger partial charge in [0.15, 0.2) is 0 Å². The third kappa shape index (κ3) is 8.26. The summed E-state index contributed by atoms with van der Waals surface area (Å²) in [5, 5.41) is 5.14. The molecular weight excluding hydrogens is 911 g/mol. The van der Waals surface area contributed by atoms with E-state index in [1.165, 1.54) is 156 Å². The molecule has 10 rings (SSSR count). The van der Waals surface area contributed by atoms with Crippen molar-refractivity contribution in [3.63, 3.8) is 0 Å². The molecule has 4 aliphatic carbocycles. The first-order valence-corrected chi connectivity index (χ1v) is 41.5. The first-order valence-electron chi connectivity index (χ1n) is 25.2. The minimum absolute atomic E-state index is 0.0722. The van der Waals surface area contributed by atoms with Gasteiger partial charge in [-0.2, -0.15) is 0 Å². The van der Waals surface area contributed by atoms with Gasteiger partial charge in [-0.25, -0.2) is 0 Å². The minimum atomic E-state index is -5.18. The van der Waals surface area contributed by atoms with Crippen LogP contribution in [0, 0.1) is 10.8 Å². The van der Waals surface area contributed by atoms with E-state index < -0.39 is 21.5 Å². The van der Waals surface area contributed by atoms with Crippen LogP contribution in [-0.4, -0.2) is 5.92 Å². The fourth-order valence-corrected chi connectivity index (χ4v) is 44.7. The molecule has 6 aromatic rings. The molecule has 0 radical (unpaired) electrons. The van der Waals surface area contributed by atoms with Crippen LogP contribution >= 0.6 is 17.0 Å². The number of hydrogen-bond acceptors (Lipinski definition) is 0. The Kier molecular flexibility index (Phi) is 12.5. The quantitative estimate of drug-likeness (QED) is 0.127. The van der Waals surface area contributed by atoms with Crippen molar-refractivity contribution in [3.05, 3.63) is 155 Å². The molecule has 6 aromatic carbocycles. The van der Waals surface area contributed by atoms with Crippen molar-refractivity contribution in [1.82, 2.24) is 0 Å². The molecule has 2 saturated carbocycles. The maximum absolute atomic E-state index is 9.34. The van der Waals surface area contributed by atoms with Gasteiger partial charge >= 0.3 is 397 Å². The van der Waals surface area contributed by atoms with Crippen molar-refractivity contribution in [2.45, 2.75) is 137 Å². The Morgan fingerprint density at radius 3 is 1.23 bits per heavy atom. The molecule has 0 nitrogen and oxygen atoms in total. The molecule has 0 saturated heterocycles. The average Bonchev–Trinajstić information content (AvgIpc) is 3.85. The summed E-state index contributed by atoms with van der Waals surface area (Å²) < 4.78 is 0.144. The Balaban J connectivity index is 1.18. The zero-order chi connectivity index (χ0) is 44.1. The van der Waals surface area contributed by atoms with Crippen LogP contribution in [-0.2, 0) is 15.6 Å². The van der Waals surface area contributed by atoms with Gasteiger partial charge < -0.3 is 0 Å². The molecule has 0 N–H and O–H groups in total. The Labute approximate surface area is 393 Å². The van der Waals surface area contributed by atoms with Gasteiger partial charge in [0, 0.05) is 0 Å². The number of rotatable bonds is 9. The van der Waals surface area contributed by atoms with Gasteiger partial charge in [0.1, 0.15) is 0 Å². The Morgan fingerprint density at radius 2 is 0.844 bits per heavy atom. The predicted molar refractivity (Wildman–Crippen MR) is 281 cm³/mol. The summed E-state index contributed by atoms with van der Waals surface area (Å²) in [5.74, 6) is -1.79. The molecule has 2 fully saturated rings. The molecule has 0 spiro atoms. The predicted octanol–water partition coefficient (Wildman–Crippen LogP) is 19.2. The van der Waals surface area contributed by atoms with Crippen molar-refractivity contribution in [2.24, 2.45) is 10.8 Å². The van der Waals surface area contributed by atoms with E-state index in [1.807, 2.05) is 0 Å². The molecule has 4 heteroatoms. The van der Waals surface area contributed by atoms with E-state index in [0.717, 1.165) is 12.8 Å². The van der Waals surface area contributed by atoms with E-state index in [-0.39, 0.29) is 18.1 Å². The summed E-state index contributed by atoms with van der Waals surface area (Å²) in [6.45, 7) is 10.4. The second kappa shape index (κ2) is 17.9. The van der Waals surface area contributed by atoms with Crippen LogP contribution in [0.25, 0.3) is 56.0 Å². The number of allylic oxidation sites excluding steroid dienone is 2. The Hall–Kier alpha value is -3.00. The first kappa shape index (κ1) is 44.8. The molecule has 0 heterocycles. The van der Waals surface area contributed by atoms with Gasteiger partial charge in [-0.15, -0.1) is 0 Å². The van der Waals surface area contributed by atoms with E-state index in [4.69, 9.17) is 0 Å². The molecule has 331 valence electrons. The standard InChI is InChI=1S/2C29H31.C2H7Si.2ClH.Zr/c2*1-29(16-7-3-2-4-8-17-29)21-22-18-25-12-9-13-27(28(25)19-22)26-15-14-23-10-5-6-11-24(23)20-26;1-3-2;;;/h2*5-6,9-15,18-20H,2-4,7-8,16-17,21H2,1H3;3H,1-2H3;2*1H;/q;;;;;+2/p-2. The Bertz CT molecular complexity index is 2580. The van der Waals surface area contributed by atoms with Gasteiger partial charge in [-0.3, -0.25) is 0 Å². The third-order valence-electron chi connectivity index (χ3n) is 17.0. The summed E-state index contributed by atoms with van der Waals surface area (Å²) in [7, 11) is 18.7. The molecular formula is C60H69Cl2SiZr. The van der Waals surface area contributed by atoms with Crippen LogP contribution in [0.3, 0.4) is 0 Å². The van der Waals surface area contributed by atoms with Gasteiger partial charge in [-0.05, 0) is 0 Å². The molecule has 4 aliphatic rings. The summed E-state index contributed by atoms with van der Waals surface area (Å²) in [6, 6.07) is 46.1. The fraction of sp³-hybridized carbons (Fsp3) is 0.400. The van der Waals surface area contributed by atoms with Crippen LogP contribution in [0.5, 0.6) is 0 Å². The van der Waals surface area contributed by atoms with E-state index in [2.05, 4.69) is 160 Å². The first-order chi connectivity index (χ1) is 30.9. The zero-order valence-electron chi connectivity index (χ0n) is 39.0. The van der Waals surface area contributed by atoms with E-state index >= 15 is 0 Å². The summed E-state index contributed by atoms with van der Waals surface area (Å²) in [5.41, 5.74) is 14.4. The van der Waals surface area contributed by atoms with Gasteiger partial charge in [-0.1, -0.05) is 0 Å². The summed E-state index contributed by atoms with van der Waals surface area (Å²) >= 11 is -5.18. The van der Waals surface area contributed by atoms with Gasteiger partial charge in [0.05, 0.1) is 0 Å². The number of halogens is 2. The molecule has 2 atom stereocenters. The maximum atomic E-state index is 9.34. The van der Waals surface area contributed by atoms with E-state index in [1.54, 1.807) is 11.1 Å². The zero-order valence-corrected chi connectivity index (χ0v) is 44.1. The molecule has 0 aromatic heterocycles. The fourth-order valence-electron chi connectivity index (χ4n) is 13.4. The number of benzene rings is 6. The molecule has 2 unspecified atom stereocenters. The van der Waals surface area contributed by atoms with Crippen LogP contribution in [0.15, 0.2) is 132 Å². The van der Waals surface area contributed by atoms with Crippen LogP contribution in [0.1, 0.15) is 146 Å². The molecule has 64 heavy (non-hydrogen) atoms. The van der Waals surface area contributed by atoms with Gasteiger partial charge in [0.25, 0.3) is 0 Å². The second-order valence-electron chi connectivity index (χ2n) is 21.9. The second-order valence-corrected chi connectivity index (χ2v) is 64.4. The SMILES string of the molecule is C[SiH](C)[Zr]([Cl])([Cl])([CH]1C(CC2(C)CCCCCCC2)=Cc2c(-c3ccc4ccccc4c3)cccc21)[CH]1C(CC2(C)CCCCCCC2)=Cc2c(-c3ccc4ccccc4c3)cccc21. The van der Waals surface area contributed by atoms with Crippen LogP contribution in [0.2, 0.25) is 13.1 Å². The summed E-state index contributed by atoms with van der Waals surface area (Å²) in [6.07, 6.45) is 26.0. The molecule has 0 bridgehead atoms. The van der Waals surface area contributed by atoms with Crippen LogP contribution < -0.4 is 0 Å². The van der Waals surface area contributed by atoms with Crippen molar-refractivity contribution in [1.29, 1.82) is 0 Å². The topological polar surface area (TPSA) is 0 Å². The van der Waals surface area contributed by atoms with Crippen molar-refractivity contribution in [3.8, 4) is 22.3 Å². The third-order valence-corrected chi connectivity index (χ3v) is 68.9.